The molecule has 1 saturated heterocycles. The van der Waals surface area contributed by atoms with Gasteiger partial charge in [0.2, 0.25) is 5.91 Å². The number of fused-ring (bicyclic) bond motifs is 1. The summed E-state index contributed by atoms with van der Waals surface area (Å²) in [6.45, 7) is 11.7. The van der Waals surface area contributed by atoms with Gasteiger partial charge in [0.1, 0.15) is 11.7 Å². The normalized spacial score (nSPS) is 15.0. The summed E-state index contributed by atoms with van der Waals surface area (Å²) in [4.78, 5) is 46.1. The van der Waals surface area contributed by atoms with E-state index in [1.54, 1.807) is 23.0 Å². The van der Waals surface area contributed by atoms with Crippen LogP contribution in [0.15, 0.2) is 53.8 Å². The summed E-state index contributed by atoms with van der Waals surface area (Å²) < 4.78 is 45.0. The number of nitrogens with zero attached hydrogens (tertiary/aromatic N) is 4. The van der Waals surface area contributed by atoms with E-state index >= 15 is 0 Å². The van der Waals surface area contributed by atoms with Gasteiger partial charge >= 0.3 is 12.1 Å². The molecule has 0 radical (unpaired) electrons. The average Bonchev–Trinajstić information content (AvgIpc) is 3.43. The molecule has 0 unspecified atom stereocenters. The molecule has 4 aromatic rings. The Bertz CT molecular complexity index is 1870. The average molecular weight is 666 g/mol. The minimum absolute atomic E-state index is 0.0586. The number of carbonyl (C=O) groups is 2. The van der Waals surface area contributed by atoms with Gasteiger partial charge in [-0.1, -0.05) is 31.5 Å². The van der Waals surface area contributed by atoms with Crippen LogP contribution in [-0.4, -0.2) is 55.5 Å². The zero-order valence-electron chi connectivity index (χ0n) is 27.9. The number of carbonyl (C=O) groups excluding carboxylic acids is 1. The fraction of sp³-hybridized carbons (Fsp3) is 0.444. The number of carboxylic acids is 1. The largest absolute Gasteiger partial charge is 0.481 e. The van der Waals surface area contributed by atoms with Crippen molar-refractivity contribution in [3.05, 3.63) is 92.8 Å². The number of hydrogen-bond donors (Lipinski definition) is 2. The van der Waals surface area contributed by atoms with Crippen molar-refractivity contribution in [3.63, 3.8) is 0 Å². The minimum atomic E-state index is -4.73. The number of rotatable bonds is 12. The number of benzene rings is 1. The number of pyridine rings is 2. The summed E-state index contributed by atoms with van der Waals surface area (Å²) in [7, 11) is 0. The first kappa shape index (κ1) is 34.9. The van der Waals surface area contributed by atoms with Crippen LogP contribution in [0.4, 0.5) is 13.2 Å². The lowest BCUT2D eigenvalue weighted by atomic mass is 9.92. The smallest absolute Gasteiger partial charge is 0.416 e. The van der Waals surface area contributed by atoms with Crippen molar-refractivity contribution < 1.29 is 27.9 Å². The second-order valence-electron chi connectivity index (χ2n) is 13.3. The van der Waals surface area contributed by atoms with Crippen molar-refractivity contribution in [1.29, 1.82) is 0 Å². The van der Waals surface area contributed by atoms with Gasteiger partial charge in [-0.3, -0.25) is 14.4 Å². The van der Waals surface area contributed by atoms with Crippen molar-refractivity contribution in [3.8, 4) is 11.1 Å². The maximum absolute atomic E-state index is 14.1. The van der Waals surface area contributed by atoms with E-state index in [1.807, 2.05) is 45.6 Å². The molecule has 2 N–H and O–H groups in total. The number of aryl methyl sites for hydroxylation is 3. The molecule has 4 heterocycles. The summed E-state index contributed by atoms with van der Waals surface area (Å²) in [6.07, 6.45) is 2.27. The third-order valence-electron chi connectivity index (χ3n) is 9.00. The Kier molecular flexibility index (Phi) is 10.1. The number of nitrogens with one attached hydrogen (secondary N) is 1. The molecule has 48 heavy (non-hydrogen) atoms. The monoisotopic (exact) mass is 665 g/mol. The predicted octanol–water partition coefficient (Wildman–Crippen LogP) is 6.27. The first-order valence-electron chi connectivity index (χ1n) is 16.2. The quantitative estimate of drug-likeness (QED) is 0.185. The van der Waals surface area contributed by atoms with Gasteiger partial charge in [0.05, 0.1) is 18.0 Å². The fourth-order valence-electron chi connectivity index (χ4n) is 6.70. The lowest BCUT2D eigenvalue weighted by Crippen LogP contribution is -2.41. The molecule has 9 nitrogen and oxygen atoms in total. The van der Waals surface area contributed by atoms with Crippen molar-refractivity contribution in [2.45, 2.75) is 78.6 Å². The van der Waals surface area contributed by atoms with Crippen molar-refractivity contribution in [2.75, 3.05) is 19.6 Å². The highest BCUT2D eigenvalue weighted by atomic mass is 19.4. The fourth-order valence-corrected chi connectivity index (χ4v) is 6.70. The Labute approximate surface area is 277 Å². The molecule has 0 bridgehead atoms. The number of halogens is 3. The molecule has 1 aliphatic rings. The molecule has 256 valence electrons. The number of imidazole rings is 1. The SMILES string of the molecule is Cc1cc(C)c(-c2cc([C@H](CC(=O)O)NC(=O)[C@H](CC(C)C)n3cc(CCN4CCC4)c(C(F)(F)F)cc3=O)cn3ccnc23)c(C)c1. The summed E-state index contributed by atoms with van der Waals surface area (Å²) in [6, 6.07) is 4.33. The van der Waals surface area contributed by atoms with Crippen LogP contribution in [0, 0.1) is 26.7 Å². The van der Waals surface area contributed by atoms with Crippen molar-refractivity contribution in [2.24, 2.45) is 5.92 Å². The van der Waals surface area contributed by atoms with E-state index in [0.717, 1.165) is 51.9 Å². The molecular formula is C36H42F3N5O4. The minimum Gasteiger partial charge on any atom is -0.481 e. The number of aromatic nitrogens is 3. The van der Waals surface area contributed by atoms with Gasteiger partial charge in [-0.15, -0.1) is 0 Å². The first-order chi connectivity index (χ1) is 22.6. The van der Waals surface area contributed by atoms with Crippen LogP contribution in [0.25, 0.3) is 16.8 Å². The lowest BCUT2D eigenvalue weighted by Gasteiger charge is -2.31. The van der Waals surface area contributed by atoms with Gasteiger partial charge in [-0.25, -0.2) is 4.98 Å². The Morgan fingerprint density at radius 3 is 2.31 bits per heavy atom. The topological polar surface area (TPSA) is 109 Å². The van der Waals surface area contributed by atoms with Gasteiger partial charge in [0.25, 0.3) is 5.56 Å². The van der Waals surface area contributed by atoms with Gasteiger partial charge in [0, 0.05) is 43.0 Å². The molecule has 0 saturated carbocycles. The molecule has 1 aromatic carbocycles. The van der Waals surface area contributed by atoms with Crippen LogP contribution >= 0.6 is 0 Å². The van der Waals surface area contributed by atoms with Crippen LogP contribution in [0.1, 0.15) is 78.6 Å². The zero-order valence-corrected chi connectivity index (χ0v) is 27.9. The molecule has 5 rings (SSSR count). The van der Waals surface area contributed by atoms with Gasteiger partial charge < -0.3 is 24.3 Å². The highest BCUT2D eigenvalue weighted by Crippen LogP contribution is 2.35. The molecule has 12 heteroatoms. The van der Waals surface area contributed by atoms with E-state index < -0.39 is 47.7 Å². The Morgan fingerprint density at radius 2 is 1.73 bits per heavy atom. The predicted molar refractivity (Wildman–Crippen MR) is 177 cm³/mol. The Hall–Kier alpha value is -4.45. The second-order valence-corrected chi connectivity index (χ2v) is 13.3. The summed E-state index contributed by atoms with van der Waals surface area (Å²) in [5, 5.41) is 12.8. The molecule has 1 aliphatic heterocycles. The Morgan fingerprint density at radius 1 is 1.04 bits per heavy atom. The van der Waals surface area contributed by atoms with Crippen LogP contribution < -0.4 is 10.9 Å². The van der Waals surface area contributed by atoms with Crippen molar-refractivity contribution in [1.82, 2.24) is 24.2 Å². The number of alkyl halides is 3. The highest BCUT2D eigenvalue weighted by Gasteiger charge is 2.36. The third-order valence-corrected chi connectivity index (χ3v) is 9.00. The van der Waals surface area contributed by atoms with Crippen LogP contribution in [0.5, 0.6) is 0 Å². The number of aliphatic carboxylic acids is 1. The van der Waals surface area contributed by atoms with Gasteiger partial charge in [0.15, 0.2) is 0 Å². The molecule has 1 amide bonds. The summed E-state index contributed by atoms with van der Waals surface area (Å²) in [5.41, 5.74) is 3.99. The highest BCUT2D eigenvalue weighted by molar-refractivity contribution is 5.84. The molecule has 1 fully saturated rings. The number of likely N-dealkylation sites (tertiary alicyclic amines) is 1. The maximum atomic E-state index is 14.1. The summed E-state index contributed by atoms with van der Waals surface area (Å²) >= 11 is 0. The number of carboxylic acid groups (broad SMARTS) is 1. The number of hydrogen-bond acceptors (Lipinski definition) is 5. The second kappa shape index (κ2) is 14.0. The van der Waals surface area contributed by atoms with E-state index in [4.69, 9.17) is 0 Å². The number of amides is 1. The van der Waals surface area contributed by atoms with Crippen LogP contribution in [-0.2, 0) is 22.2 Å². The van der Waals surface area contributed by atoms with Gasteiger partial charge in [-0.2, -0.15) is 13.2 Å². The molecule has 3 aromatic heterocycles. The molecular weight excluding hydrogens is 623 g/mol. The standard InChI is InChI=1S/C36H42F3N5O4/c1-21(2)13-30(44-20-25(7-11-42-9-6-10-42)28(17-31(44)45)36(37,38)39)35(48)41-29(18-32(46)47)26-16-27(34-40-8-12-43(34)19-26)33-23(4)14-22(3)15-24(33)5/h8,12,14-17,19-21,29-30H,6-7,9-11,13,18H2,1-5H3,(H,41,48)(H,46,47)/t29-,30-/m0/s1. The van der Waals surface area contributed by atoms with Crippen LogP contribution in [0.2, 0.25) is 0 Å². The van der Waals surface area contributed by atoms with Gasteiger partial charge in [-0.05, 0) is 92.9 Å². The van der Waals surface area contributed by atoms with E-state index in [-0.39, 0.29) is 24.3 Å². The Balaban J connectivity index is 1.56. The third kappa shape index (κ3) is 7.64. The van der Waals surface area contributed by atoms with Crippen LogP contribution in [0.3, 0.4) is 0 Å². The molecule has 0 spiro atoms. The van der Waals surface area contributed by atoms with E-state index in [2.05, 4.69) is 22.4 Å². The zero-order chi connectivity index (χ0) is 34.9. The first-order valence-corrected chi connectivity index (χ1v) is 16.2. The van der Waals surface area contributed by atoms with E-state index in [0.29, 0.717) is 23.8 Å². The maximum Gasteiger partial charge on any atom is 0.416 e. The van der Waals surface area contributed by atoms with E-state index in [9.17, 15) is 32.7 Å². The molecule has 0 aliphatic carbocycles. The summed E-state index contributed by atoms with van der Waals surface area (Å²) in [5.74, 6) is -1.92. The molecule has 2 atom stereocenters. The van der Waals surface area contributed by atoms with E-state index in [1.165, 1.54) is 6.20 Å². The lowest BCUT2D eigenvalue weighted by molar-refractivity contribution is -0.139. The van der Waals surface area contributed by atoms with Crippen molar-refractivity contribution >= 4 is 17.5 Å².